The third-order valence-corrected chi connectivity index (χ3v) is 6.39. The minimum absolute atomic E-state index is 0.00215. The smallest absolute Gasteiger partial charge is 0.407 e. The van der Waals surface area contributed by atoms with Crippen molar-refractivity contribution in [1.82, 2.24) is 20.4 Å². The molecule has 0 spiro atoms. The zero-order valence-electron chi connectivity index (χ0n) is 18.5. The van der Waals surface area contributed by atoms with E-state index in [2.05, 4.69) is 20.4 Å². The van der Waals surface area contributed by atoms with E-state index in [1.807, 2.05) is 20.8 Å². The van der Waals surface area contributed by atoms with Crippen molar-refractivity contribution in [2.45, 2.75) is 83.4 Å². The highest BCUT2D eigenvalue weighted by Gasteiger charge is 2.39. The lowest BCUT2D eigenvalue weighted by Crippen LogP contribution is -2.58. The van der Waals surface area contributed by atoms with Crippen LogP contribution in [0, 0.1) is 5.92 Å². The second-order valence-electron chi connectivity index (χ2n) is 9.87. The largest absolute Gasteiger partial charge is 0.444 e. The lowest BCUT2D eigenvalue weighted by molar-refractivity contribution is -0.141. The van der Waals surface area contributed by atoms with Crippen molar-refractivity contribution in [2.24, 2.45) is 5.92 Å². The van der Waals surface area contributed by atoms with Gasteiger partial charge in [-0.05, 0) is 84.7 Å². The van der Waals surface area contributed by atoms with Crippen LogP contribution in [0.5, 0.6) is 0 Å². The van der Waals surface area contributed by atoms with E-state index in [-0.39, 0.29) is 18.2 Å². The van der Waals surface area contributed by atoms with Crippen molar-refractivity contribution < 1.29 is 14.3 Å². The van der Waals surface area contributed by atoms with Crippen LogP contribution in [0.15, 0.2) is 0 Å². The quantitative estimate of drug-likeness (QED) is 0.747. The van der Waals surface area contributed by atoms with E-state index in [1.54, 1.807) is 0 Å². The van der Waals surface area contributed by atoms with Crippen LogP contribution >= 0.6 is 0 Å². The van der Waals surface area contributed by atoms with E-state index in [0.29, 0.717) is 11.8 Å². The van der Waals surface area contributed by atoms with Gasteiger partial charge in [-0.2, -0.15) is 0 Å². The lowest BCUT2D eigenvalue weighted by Gasteiger charge is -2.44. The normalized spacial score (nSPS) is 24.2. The first-order valence-electron chi connectivity index (χ1n) is 11.6. The third-order valence-electron chi connectivity index (χ3n) is 6.39. The number of ether oxygens (including phenoxy) is 1. The number of nitrogens with zero attached hydrogens (tertiary/aromatic N) is 2. The van der Waals surface area contributed by atoms with Gasteiger partial charge in [-0.15, -0.1) is 0 Å². The standard InChI is InChI=1S/C22H40N4O3/c1-22(2,3)29-21(28)24-18-9-15-25(16-10-18)19(17-7-11-23-12-8-17)20(27)26-13-5-4-6-14-26/h17-19,23H,4-16H2,1-3H3,(H,24,28). The van der Waals surface area contributed by atoms with E-state index < -0.39 is 5.60 Å². The number of carbonyl (C=O) groups excluding carboxylic acids is 2. The Morgan fingerprint density at radius 1 is 0.966 bits per heavy atom. The van der Waals surface area contributed by atoms with Crippen molar-refractivity contribution in [3.05, 3.63) is 0 Å². The molecule has 1 unspecified atom stereocenters. The Balaban J connectivity index is 1.58. The van der Waals surface area contributed by atoms with Gasteiger partial charge in [0, 0.05) is 32.2 Å². The first-order chi connectivity index (χ1) is 13.8. The Morgan fingerprint density at radius 2 is 1.59 bits per heavy atom. The molecule has 0 bridgehead atoms. The van der Waals surface area contributed by atoms with Gasteiger partial charge in [-0.25, -0.2) is 4.79 Å². The van der Waals surface area contributed by atoms with Gasteiger partial charge in [0.25, 0.3) is 0 Å². The molecule has 2 amide bonds. The van der Waals surface area contributed by atoms with Gasteiger partial charge in [-0.1, -0.05) is 0 Å². The number of likely N-dealkylation sites (tertiary alicyclic amines) is 2. The van der Waals surface area contributed by atoms with Crippen molar-refractivity contribution in [2.75, 3.05) is 39.3 Å². The van der Waals surface area contributed by atoms with Gasteiger partial charge in [0.05, 0.1) is 6.04 Å². The minimum atomic E-state index is -0.480. The fourth-order valence-electron chi connectivity index (χ4n) is 4.91. The first kappa shape index (κ1) is 22.3. The third kappa shape index (κ3) is 6.57. The monoisotopic (exact) mass is 408 g/mol. The molecule has 0 aromatic heterocycles. The summed E-state index contributed by atoms with van der Waals surface area (Å²) in [5.41, 5.74) is -0.480. The van der Waals surface area contributed by atoms with E-state index in [1.165, 1.54) is 6.42 Å². The summed E-state index contributed by atoms with van der Waals surface area (Å²) in [6.07, 6.45) is 7.04. The summed E-state index contributed by atoms with van der Waals surface area (Å²) >= 11 is 0. The molecule has 0 saturated carbocycles. The molecule has 0 aliphatic carbocycles. The van der Waals surface area contributed by atoms with Gasteiger partial charge in [0.1, 0.15) is 5.60 Å². The number of alkyl carbamates (subject to hydrolysis) is 1. The van der Waals surface area contributed by atoms with E-state index >= 15 is 0 Å². The SMILES string of the molecule is CC(C)(C)OC(=O)NC1CCN(C(C(=O)N2CCCCC2)C2CCNCC2)CC1. The minimum Gasteiger partial charge on any atom is -0.444 e. The molecule has 3 saturated heterocycles. The van der Waals surface area contributed by atoms with Crippen LogP contribution in [0.4, 0.5) is 4.79 Å². The van der Waals surface area contributed by atoms with Crippen LogP contribution in [0.1, 0.15) is 65.7 Å². The molecule has 3 rings (SSSR count). The van der Waals surface area contributed by atoms with Crippen molar-refractivity contribution in [3.63, 3.8) is 0 Å². The Morgan fingerprint density at radius 3 is 2.17 bits per heavy atom. The van der Waals surface area contributed by atoms with Crippen LogP contribution < -0.4 is 10.6 Å². The molecule has 3 aliphatic heterocycles. The first-order valence-corrected chi connectivity index (χ1v) is 11.6. The number of rotatable bonds is 4. The molecule has 3 aliphatic rings. The number of amides is 2. The predicted molar refractivity (Wildman–Crippen MR) is 114 cm³/mol. The molecule has 1 atom stereocenters. The molecule has 0 radical (unpaired) electrons. The summed E-state index contributed by atoms with van der Waals surface area (Å²) < 4.78 is 5.40. The average Bonchev–Trinajstić information content (AvgIpc) is 2.69. The molecule has 7 heteroatoms. The van der Waals surface area contributed by atoms with E-state index in [9.17, 15) is 9.59 Å². The van der Waals surface area contributed by atoms with Gasteiger partial charge >= 0.3 is 6.09 Å². The molecule has 3 fully saturated rings. The summed E-state index contributed by atoms with van der Waals surface area (Å²) in [5, 5.41) is 6.45. The Bertz CT molecular complexity index is 543. The summed E-state index contributed by atoms with van der Waals surface area (Å²) in [4.78, 5) is 30.1. The molecule has 3 heterocycles. The maximum absolute atomic E-state index is 13.5. The highest BCUT2D eigenvalue weighted by molar-refractivity contribution is 5.82. The van der Waals surface area contributed by atoms with E-state index in [0.717, 1.165) is 77.8 Å². The Labute approximate surface area is 175 Å². The van der Waals surface area contributed by atoms with Gasteiger partial charge in [-0.3, -0.25) is 9.69 Å². The summed E-state index contributed by atoms with van der Waals surface area (Å²) in [6, 6.07) is 0.123. The highest BCUT2D eigenvalue weighted by atomic mass is 16.6. The molecule has 166 valence electrons. The Hall–Kier alpha value is -1.34. The molecule has 0 aromatic rings. The number of carbonyl (C=O) groups is 2. The van der Waals surface area contributed by atoms with Crippen molar-refractivity contribution >= 4 is 12.0 Å². The van der Waals surface area contributed by atoms with Gasteiger partial charge in [0.2, 0.25) is 5.91 Å². The molecule has 0 aromatic carbocycles. The molecular weight excluding hydrogens is 368 g/mol. The van der Waals surface area contributed by atoms with Crippen molar-refractivity contribution in [1.29, 1.82) is 0 Å². The molecule has 29 heavy (non-hydrogen) atoms. The zero-order chi connectivity index (χ0) is 20.9. The predicted octanol–water partition coefficient (Wildman–Crippen LogP) is 2.36. The van der Waals surface area contributed by atoms with Crippen molar-refractivity contribution in [3.8, 4) is 0 Å². The second-order valence-corrected chi connectivity index (χ2v) is 9.87. The van der Waals surface area contributed by atoms with Gasteiger partial charge < -0.3 is 20.3 Å². The zero-order valence-corrected chi connectivity index (χ0v) is 18.5. The van der Waals surface area contributed by atoms with Crippen LogP contribution in [-0.4, -0.2) is 78.8 Å². The maximum Gasteiger partial charge on any atom is 0.407 e. The maximum atomic E-state index is 13.5. The topological polar surface area (TPSA) is 73.9 Å². The molecular formula is C22H40N4O3. The average molecular weight is 409 g/mol. The summed E-state index contributed by atoms with van der Waals surface area (Å²) in [7, 11) is 0. The van der Waals surface area contributed by atoms with Crippen LogP contribution in [0.3, 0.4) is 0 Å². The van der Waals surface area contributed by atoms with E-state index in [4.69, 9.17) is 4.74 Å². The second kappa shape index (κ2) is 10.1. The number of piperidine rings is 3. The van der Waals surface area contributed by atoms with Crippen LogP contribution in [0.25, 0.3) is 0 Å². The van der Waals surface area contributed by atoms with Crippen LogP contribution in [-0.2, 0) is 9.53 Å². The molecule has 7 nitrogen and oxygen atoms in total. The molecule has 2 N–H and O–H groups in total. The fraction of sp³-hybridized carbons (Fsp3) is 0.909. The summed E-state index contributed by atoms with van der Waals surface area (Å²) in [6.45, 7) is 11.2. The summed E-state index contributed by atoms with van der Waals surface area (Å²) in [5.74, 6) is 0.774. The number of hydrogen-bond acceptors (Lipinski definition) is 5. The number of hydrogen-bond donors (Lipinski definition) is 2. The lowest BCUT2D eigenvalue weighted by atomic mass is 9.86. The van der Waals surface area contributed by atoms with Crippen LogP contribution in [0.2, 0.25) is 0 Å². The number of nitrogens with one attached hydrogen (secondary N) is 2. The Kier molecular flexibility index (Phi) is 7.79. The fourth-order valence-corrected chi connectivity index (χ4v) is 4.91. The highest BCUT2D eigenvalue weighted by Crippen LogP contribution is 2.27. The van der Waals surface area contributed by atoms with Gasteiger partial charge in [0.15, 0.2) is 0 Å².